The summed E-state index contributed by atoms with van der Waals surface area (Å²) in [5.74, 6) is 0.0433. The van der Waals surface area contributed by atoms with Gasteiger partial charge in [-0.3, -0.25) is 4.79 Å². The Morgan fingerprint density at radius 2 is 1.95 bits per heavy atom. The summed E-state index contributed by atoms with van der Waals surface area (Å²) >= 11 is 0. The summed E-state index contributed by atoms with van der Waals surface area (Å²) in [6, 6.07) is 6.37. The number of sulfonamides is 1. The number of benzene rings is 1. The zero-order chi connectivity index (χ0) is 16.2. The van der Waals surface area contributed by atoms with Gasteiger partial charge in [-0.1, -0.05) is 18.6 Å². The van der Waals surface area contributed by atoms with Crippen LogP contribution in [0.5, 0.6) is 0 Å². The largest absolute Gasteiger partial charge is 0.384 e. The minimum Gasteiger partial charge on any atom is -0.384 e. The van der Waals surface area contributed by atoms with E-state index in [9.17, 15) is 13.2 Å². The van der Waals surface area contributed by atoms with Gasteiger partial charge in [0.25, 0.3) is 0 Å². The highest BCUT2D eigenvalue weighted by atomic mass is 32.2. The van der Waals surface area contributed by atoms with Crippen molar-refractivity contribution < 1.29 is 17.9 Å². The number of carbonyl (C=O) groups excluding carboxylic acids is 1. The number of amides is 1. The third-order valence-corrected chi connectivity index (χ3v) is 5.09. The van der Waals surface area contributed by atoms with Crippen LogP contribution in [0.25, 0.3) is 0 Å². The molecule has 1 fully saturated rings. The molecule has 0 bridgehead atoms. The third-order valence-electron chi connectivity index (χ3n) is 4.16. The van der Waals surface area contributed by atoms with Crippen molar-refractivity contribution >= 4 is 15.9 Å². The molecule has 0 atom stereocenters. The summed E-state index contributed by atoms with van der Waals surface area (Å²) in [5.41, 5.74) is 0.591. The van der Waals surface area contributed by atoms with Gasteiger partial charge in [-0.2, -0.15) is 0 Å². The predicted octanol–water partition coefficient (Wildman–Crippen LogP) is 0.809. The van der Waals surface area contributed by atoms with Crippen LogP contribution in [0.3, 0.4) is 0 Å². The molecule has 0 spiro atoms. The lowest BCUT2D eigenvalue weighted by Gasteiger charge is -2.39. The lowest BCUT2D eigenvalue weighted by Crippen LogP contribution is -2.49. The highest BCUT2D eigenvalue weighted by molar-refractivity contribution is 7.89. The average Bonchev–Trinajstić information content (AvgIpc) is 2.42. The topological polar surface area (TPSA) is 98.5 Å². The maximum atomic E-state index is 12.2. The number of primary sulfonamides is 1. The summed E-state index contributed by atoms with van der Waals surface area (Å²) in [6.45, 7) is 0.973. The van der Waals surface area contributed by atoms with Crippen LogP contribution >= 0.6 is 0 Å². The van der Waals surface area contributed by atoms with Gasteiger partial charge in [0, 0.05) is 13.7 Å². The maximum absolute atomic E-state index is 12.2. The van der Waals surface area contributed by atoms with Crippen LogP contribution in [-0.2, 0) is 26.0 Å². The first-order valence-electron chi connectivity index (χ1n) is 7.26. The summed E-state index contributed by atoms with van der Waals surface area (Å²) in [7, 11) is -2.05. The molecule has 0 aromatic heterocycles. The number of carbonyl (C=O) groups is 1. The summed E-state index contributed by atoms with van der Waals surface area (Å²) in [4.78, 5) is 12.3. The fraction of sp³-hybridized carbons (Fsp3) is 0.533. The Morgan fingerprint density at radius 1 is 1.32 bits per heavy atom. The fourth-order valence-electron chi connectivity index (χ4n) is 2.67. The quantitative estimate of drug-likeness (QED) is 0.774. The molecule has 0 saturated heterocycles. The van der Waals surface area contributed by atoms with Crippen LogP contribution in [0.15, 0.2) is 29.2 Å². The highest BCUT2D eigenvalue weighted by Crippen LogP contribution is 2.41. The summed E-state index contributed by atoms with van der Waals surface area (Å²) in [5, 5.41) is 7.99. The fourth-order valence-corrected chi connectivity index (χ4v) is 3.19. The second-order valence-electron chi connectivity index (χ2n) is 5.76. The lowest BCUT2D eigenvalue weighted by atomic mass is 9.68. The summed E-state index contributed by atoms with van der Waals surface area (Å²) < 4.78 is 27.5. The summed E-state index contributed by atoms with van der Waals surface area (Å²) in [6.07, 6.45) is 3.44. The number of hydrogen-bond donors (Lipinski definition) is 2. The molecule has 22 heavy (non-hydrogen) atoms. The molecule has 1 aliphatic carbocycles. The molecule has 1 saturated carbocycles. The molecule has 0 heterocycles. The van der Waals surface area contributed by atoms with E-state index in [0.29, 0.717) is 19.6 Å². The molecule has 6 nitrogen and oxygen atoms in total. The Morgan fingerprint density at radius 3 is 2.41 bits per heavy atom. The molecule has 0 unspecified atom stereocenters. The van der Waals surface area contributed by atoms with Crippen LogP contribution in [-0.4, -0.2) is 34.6 Å². The first-order valence-corrected chi connectivity index (χ1v) is 8.81. The molecular weight excluding hydrogens is 304 g/mol. The van der Waals surface area contributed by atoms with Gasteiger partial charge >= 0.3 is 0 Å². The Labute approximate surface area is 131 Å². The van der Waals surface area contributed by atoms with Crippen molar-refractivity contribution in [1.29, 1.82) is 0 Å². The molecule has 3 N–H and O–H groups in total. The normalized spacial score (nSPS) is 16.8. The minimum absolute atomic E-state index is 0.0433. The molecule has 1 aromatic rings. The lowest BCUT2D eigenvalue weighted by molar-refractivity contribution is -0.140. The van der Waals surface area contributed by atoms with E-state index < -0.39 is 10.0 Å². The van der Waals surface area contributed by atoms with E-state index in [4.69, 9.17) is 9.88 Å². The van der Waals surface area contributed by atoms with Crippen LogP contribution < -0.4 is 10.5 Å². The third kappa shape index (κ3) is 3.85. The Balaban J connectivity index is 1.85. The van der Waals surface area contributed by atoms with E-state index in [1.807, 2.05) is 0 Å². The van der Waals surface area contributed by atoms with Gasteiger partial charge in [0.05, 0.1) is 16.9 Å². The average molecular weight is 326 g/mol. The van der Waals surface area contributed by atoms with Gasteiger partial charge in [-0.15, -0.1) is 0 Å². The van der Waals surface area contributed by atoms with E-state index in [2.05, 4.69) is 5.32 Å². The Kier molecular flexibility index (Phi) is 5.20. The van der Waals surface area contributed by atoms with Crippen molar-refractivity contribution in [3.05, 3.63) is 29.8 Å². The van der Waals surface area contributed by atoms with Crippen LogP contribution in [0.4, 0.5) is 0 Å². The molecule has 122 valence electrons. The van der Waals surface area contributed by atoms with Gasteiger partial charge in [-0.25, -0.2) is 13.6 Å². The van der Waals surface area contributed by atoms with Crippen molar-refractivity contribution in [3.8, 4) is 0 Å². The van der Waals surface area contributed by atoms with Crippen molar-refractivity contribution in [3.63, 3.8) is 0 Å². The standard InChI is InChI=1S/C15H22N2O4S/c1-21-11-15(8-2-9-15)14(18)17-10-7-12-3-5-13(6-4-12)22(16,19)20/h3-6H,2,7-11H2,1H3,(H,17,18)(H2,16,19,20). The van der Waals surface area contributed by atoms with Gasteiger partial charge in [0.2, 0.25) is 15.9 Å². The van der Waals surface area contributed by atoms with Crippen molar-refractivity contribution in [2.24, 2.45) is 10.6 Å². The van der Waals surface area contributed by atoms with Gasteiger partial charge < -0.3 is 10.1 Å². The van der Waals surface area contributed by atoms with E-state index >= 15 is 0 Å². The monoisotopic (exact) mass is 326 g/mol. The van der Waals surface area contributed by atoms with Crippen LogP contribution in [0.1, 0.15) is 24.8 Å². The number of methoxy groups -OCH3 is 1. The Hall–Kier alpha value is -1.44. The number of nitrogens with two attached hydrogens (primary N) is 1. The number of nitrogens with one attached hydrogen (secondary N) is 1. The molecular formula is C15H22N2O4S. The first kappa shape index (κ1) is 16.9. The van der Waals surface area contributed by atoms with E-state index in [1.54, 1.807) is 19.2 Å². The molecule has 0 radical (unpaired) electrons. The molecule has 0 aliphatic heterocycles. The SMILES string of the molecule is COCC1(C(=O)NCCc2ccc(S(N)(=O)=O)cc2)CCC1. The van der Waals surface area contributed by atoms with Gasteiger partial charge in [0.1, 0.15) is 0 Å². The van der Waals surface area contributed by atoms with Gasteiger partial charge in [0.15, 0.2) is 0 Å². The Bertz CT molecular complexity index is 621. The van der Waals surface area contributed by atoms with Crippen molar-refractivity contribution in [2.75, 3.05) is 20.3 Å². The van der Waals surface area contributed by atoms with E-state index in [0.717, 1.165) is 24.8 Å². The molecule has 1 aliphatic rings. The van der Waals surface area contributed by atoms with Crippen molar-refractivity contribution in [1.82, 2.24) is 5.32 Å². The number of ether oxygens (including phenoxy) is 1. The molecule has 1 amide bonds. The maximum Gasteiger partial charge on any atom is 0.238 e. The number of hydrogen-bond acceptors (Lipinski definition) is 4. The minimum atomic E-state index is -3.66. The second-order valence-corrected chi connectivity index (χ2v) is 7.32. The zero-order valence-electron chi connectivity index (χ0n) is 12.7. The smallest absolute Gasteiger partial charge is 0.238 e. The zero-order valence-corrected chi connectivity index (χ0v) is 13.5. The van der Waals surface area contributed by atoms with Gasteiger partial charge in [-0.05, 0) is 37.0 Å². The van der Waals surface area contributed by atoms with Crippen LogP contribution in [0.2, 0.25) is 0 Å². The molecule has 2 rings (SSSR count). The predicted molar refractivity (Wildman–Crippen MR) is 82.7 cm³/mol. The number of rotatable bonds is 7. The van der Waals surface area contributed by atoms with E-state index in [-0.39, 0.29) is 16.2 Å². The molecule has 1 aromatic carbocycles. The first-order chi connectivity index (χ1) is 10.4. The van der Waals surface area contributed by atoms with Crippen LogP contribution in [0, 0.1) is 5.41 Å². The molecule has 7 heteroatoms. The van der Waals surface area contributed by atoms with Crippen molar-refractivity contribution in [2.45, 2.75) is 30.6 Å². The second kappa shape index (κ2) is 6.76. The van der Waals surface area contributed by atoms with E-state index in [1.165, 1.54) is 12.1 Å². The highest BCUT2D eigenvalue weighted by Gasteiger charge is 2.43.